The third kappa shape index (κ3) is 13.7. The number of nitrogens with one attached hydrogen (secondary N) is 4. The SMILES string of the molecule is C=C[C@]1(CO)O[C@@H](n2cnc3c(=O)[nH]c(C)nc32)C(F)(F)[C@@H]1O.Cc1nc2c(ncn2[C@@H]2OC(CO)(CO)[C@@H](O)[C@H]2F)c(=O)[nH]1.Cc1nc2c(ncn2[C@@H]2O[C@@](CO)(CCl)[C@@H](O)[C@H]2F)c(=O)[nH]1.Cc1nc2c(ncn2[C@@H]2O[C@](C)(CO)[C@@H](O)[C@H]2F)c(=O)[nH]1.Nc1ccnc2c1ncn2[C@@H]1O[C@@](CO)(CF)[C@@H](O)[C@H]1F. The van der Waals surface area contributed by atoms with Crippen LogP contribution >= 0.6 is 11.6 Å². The smallest absolute Gasteiger partial charge is 0.320 e. The number of rotatable bonds is 14. The van der Waals surface area contributed by atoms with Crippen LogP contribution in [0.4, 0.5) is 36.4 Å². The second kappa shape index (κ2) is 30.5. The summed E-state index contributed by atoms with van der Waals surface area (Å²) in [5, 5.41) is 105. The molecule has 15 heterocycles. The van der Waals surface area contributed by atoms with Gasteiger partial charge in [-0.3, -0.25) is 42.0 Å². The van der Waals surface area contributed by atoms with E-state index in [1.54, 1.807) is 20.8 Å². The molecule has 10 aromatic heterocycles. The molecule has 5 saturated heterocycles. The summed E-state index contributed by atoms with van der Waals surface area (Å²) in [6.07, 6.45) is -15.5. The lowest BCUT2D eigenvalue weighted by Gasteiger charge is -2.27. The molecule has 0 saturated carbocycles. The summed E-state index contributed by atoms with van der Waals surface area (Å²) in [7, 11) is 0. The maximum Gasteiger partial charge on any atom is 0.320 e. The van der Waals surface area contributed by atoms with Gasteiger partial charge in [0.25, 0.3) is 22.2 Å². The molecule has 18 atom stereocenters. The minimum absolute atomic E-state index is 0.00128. The number of aliphatic hydroxyl groups is 11. The monoisotopic (exact) mass is 1570 g/mol. The third-order valence-electron chi connectivity index (χ3n) is 19.0. The number of hydrogen-bond acceptors (Lipinski definition) is 31. The average Bonchev–Trinajstić information content (AvgIpc) is 1.59. The van der Waals surface area contributed by atoms with Crippen molar-refractivity contribution in [3.63, 3.8) is 0 Å². The quantitative estimate of drug-likeness (QED) is 0.0298. The number of ether oxygens (including phenoxy) is 5. The minimum atomic E-state index is -3.76. The van der Waals surface area contributed by atoms with Gasteiger partial charge >= 0.3 is 5.92 Å². The molecule has 0 amide bonds. The van der Waals surface area contributed by atoms with Crippen LogP contribution in [0.2, 0.25) is 0 Å². The molecule has 17 N–H and O–H groups in total. The highest BCUT2D eigenvalue weighted by Gasteiger charge is 2.66. The summed E-state index contributed by atoms with van der Waals surface area (Å²) in [4.78, 5) is 96.8. The summed E-state index contributed by atoms with van der Waals surface area (Å²) < 4.78 is 132. The Morgan fingerprint density at radius 3 is 1.17 bits per heavy atom. The Bertz CT molecular complexity index is 5100. The first-order valence-electron chi connectivity index (χ1n) is 32.5. The number of hydrogen-bond donors (Lipinski definition) is 16. The van der Waals surface area contributed by atoms with Crippen LogP contribution < -0.4 is 28.0 Å². The van der Waals surface area contributed by atoms with Crippen molar-refractivity contribution < 1.29 is 111 Å². The lowest BCUT2D eigenvalue weighted by molar-refractivity contribution is -0.149. The van der Waals surface area contributed by atoms with Gasteiger partial charge in [0.1, 0.15) is 82.3 Å². The lowest BCUT2D eigenvalue weighted by Crippen LogP contribution is -2.48. The zero-order valence-corrected chi connectivity index (χ0v) is 58.2. The van der Waals surface area contributed by atoms with Gasteiger partial charge < -0.3 is 106 Å². The van der Waals surface area contributed by atoms with Gasteiger partial charge in [-0.2, -0.15) is 8.78 Å². The molecule has 592 valence electrons. The fourth-order valence-electron chi connectivity index (χ4n) is 12.6. The van der Waals surface area contributed by atoms with Crippen LogP contribution in [0.15, 0.2) is 75.7 Å². The molecule has 109 heavy (non-hydrogen) atoms. The van der Waals surface area contributed by atoms with E-state index in [-0.39, 0.29) is 62.0 Å². The molecule has 0 aromatic carbocycles. The first-order chi connectivity index (χ1) is 51.5. The summed E-state index contributed by atoms with van der Waals surface area (Å²) in [6.45, 7) is 5.30. The van der Waals surface area contributed by atoms with Crippen molar-refractivity contribution in [1.82, 2.24) is 92.6 Å². The summed E-state index contributed by atoms with van der Waals surface area (Å²) >= 11 is 5.71. The Balaban J connectivity index is 0.000000135. The maximum atomic E-state index is 14.5. The number of nitrogens with two attached hydrogens (primary N) is 1. The predicted molar refractivity (Wildman–Crippen MR) is 357 cm³/mol. The van der Waals surface area contributed by atoms with E-state index >= 15 is 0 Å². The van der Waals surface area contributed by atoms with Crippen LogP contribution in [0.5, 0.6) is 0 Å². The highest BCUT2D eigenvalue weighted by Crippen LogP contribution is 2.50. The fourth-order valence-corrected chi connectivity index (χ4v) is 12.9. The standard InChI is InChI=1S/C13H14F2N4O4.C12H14ClFN4O4.C12H14F2N4O3.C12H15FN4O5.C12H15FN4O4/c1-3-12(4-20)10(22)13(14,15)11(23-12)19-5-16-7-8(19)17-6(2)18-9(7)21;1-5-16-9-7(10(21)17-5)15-4-18(9)11-6(14)8(20)12(2-13,3-19)22-11;13-3-12(4-19)9(20)7(14)11(21-12)18-5-17-8-6(15)1-2-16-10(8)18;1-5-15-9-7(10(21)16-5)14-4-17(9)11-6(13)8(20)12(2-18,3-19)22-11;1-5-15-9-7(10(20)16-5)14-4-17(9)11-6(13)8(19)12(2,3-18)21-11/h3,5,10-11,20,22H,1,4H2,2H3,(H,17,18,21);4,6,8,11,19-20H,2-3H2,1H3,(H,16,17,21);1-2,5,7,9,11,19-20H,3-4H2,(H2,15,16);4,6,8,11,18-20H,2-3H2,1H3,(H,15,16,21);4,6,8,11,18-19H,3H2,1-2H3,(H,15,16,20)/t10-,11-,12-;6-,8+,11-,12-;7-,9+,11-,12-;6-,8+,11-;6-,8+,11-,12-/m11111/s1. The van der Waals surface area contributed by atoms with E-state index in [0.717, 1.165) is 17.0 Å². The van der Waals surface area contributed by atoms with Crippen molar-refractivity contribution in [3.05, 3.63) is 121 Å². The van der Waals surface area contributed by atoms with Crippen LogP contribution in [-0.4, -0.2) is 290 Å². The van der Waals surface area contributed by atoms with Gasteiger partial charge in [0.15, 0.2) is 112 Å². The number of nitrogen functional groups attached to an aromatic ring is 1. The number of anilines is 1. The fraction of sp³-hybridized carbons (Fsp3) is 0.541. The van der Waals surface area contributed by atoms with E-state index in [0.29, 0.717) is 28.7 Å². The molecule has 0 spiro atoms. The largest absolute Gasteiger partial charge is 0.397 e. The lowest BCUT2D eigenvalue weighted by atomic mass is 9.96. The Labute approximate surface area is 608 Å². The molecule has 10 aromatic rings. The number of aromatic nitrogens is 19. The first kappa shape index (κ1) is 80.7. The molecule has 5 fully saturated rings. The molecule has 40 nitrogen and oxygen atoms in total. The molecule has 48 heteroatoms. The number of aryl methyl sites for hydroxylation is 4. The minimum Gasteiger partial charge on any atom is -0.397 e. The second-order valence-electron chi connectivity index (χ2n) is 26.1. The zero-order valence-electron chi connectivity index (χ0n) is 57.5. The normalized spacial score (nSPS) is 31.0. The van der Waals surface area contributed by atoms with Crippen molar-refractivity contribution in [1.29, 1.82) is 0 Å². The maximum absolute atomic E-state index is 14.5. The van der Waals surface area contributed by atoms with E-state index in [2.05, 4.69) is 76.4 Å². The highest BCUT2D eigenvalue weighted by atomic mass is 35.5. The number of imidazole rings is 5. The first-order valence-corrected chi connectivity index (χ1v) is 33.0. The number of halogens is 8. The highest BCUT2D eigenvalue weighted by molar-refractivity contribution is 6.18. The van der Waals surface area contributed by atoms with Crippen LogP contribution in [0.3, 0.4) is 0 Å². The average molecular weight is 1570 g/mol. The number of pyridine rings is 1. The number of alkyl halides is 8. The molecule has 0 radical (unpaired) electrons. The van der Waals surface area contributed by atoms with Crippen molar-refractivity contribution in [2.75, 3.05) is 57.9 Å². The molecule has 5 aliphatic heterocycles. The third-order valence-corrected chi connectivity index (χ3v) is 19.4. The van der Waals surface area contributed by atoms with E-state index in [1.165, 1.54) is 69.7 Å². The molecular weight excluding hydrogens is 1500 g/mol. The molecule has 0 unspecified atom stereocenters. The summed E-state index contributed by atoms with van der Waals surface area (Å²) in [5.74, 6) is -2.84. The van der Waals surface area contributed by atoms with Crippen LogP contribution in [0.1, 0.15) is 61.4 Å². The van der Waals surface area contributed by atoms with Crippen molar-refractivity contribution in [2.45, 2.75) is 155 Å². The topological polar surface area (TPSA) is 580 Å². The van der Waals surface area contributed by atoms with E-state index in [9.17, 15) is 106 Å². The van der Waals surface area contributed by atoms with Crippen LogP contribution in [0, 0.1) is 27.7 Å². The second-order valence-corrected chi connectivity index (χ2v) is 26.4. The van der Waals surface area contributed by atoms with Gasteiger partial charge in [0.05, 0.1) is 82.8 Å². The number of fused-ring (bicyclic) bond motifs is 5. The Hall–Kier alpha value is -9.28. The summed E-state index contributed by atoms with van der Waals surface area (Å²) in [6, 6.07) is 1.54. The molecule has 5 aliphatic rings. The van der Waals surface area contributed by atoms with Crippen LogP contribution in [-0.2, 0) is 23.7 Å². The Morgan fingerprint density at radius 1 is 0.495 bits per heavy atom. The number of H-pyrrole nitrogens is 4. The zero-order chi connectivity index (χ0) is 79.7. The molecule has 0 bridgehead atoms. The van der Waals surface area contributed by atoms with Crippen LogP contribution in [0.25, 0.3) is 55.8 Å². The predicted octanol–water partition coefficient (Wildman–Crippen LogP) is -2.78. The van der Waals surface area contributed by atoms with Gasteiger partial charge in [-0.15, -0.1) is 18.2 Å². The molecular formula is C61H72ClF7N20O20. The molecule has 0 aliphatic carbocycles. The van der Waals surface area contributed by atoms with Gasteiger partial charge in [-0.25, -0.2) is 71.8 Å². The van der Waals surface area contributed by atoms with Gasteiger partial charge in [0, 0.05) is 6.20 Å². The van der Waals surface area contributed by atoms with Crippen molar-refractivity contribution in [3.8, 4) is 0 Å². The van der Waals surface area contributed by atoms with Crippen molar-refractivity contribution in [2.24, 2.45) is 0 Å². The van der Waals surface area contributed by atoms with Gasteiger partial charge in [-0.1, -0.05) is 6.08 Å². The Morgan fingerprint density at radius 2 is 0.835 bits per heavy atom. The summed E-state index contributed by atoms with van der Waals surface area (Å²) in [5.41, 5.74) is -3.89. The number of aromatic amines is 4. The van der Waals surface area contributed by atoms with Crippen molar-refractivity contribution >= 4 is 73.1 Å². The molecule has 15 rings (SSSR count). The number of nitrogens with zero attached hydrogens (tertiary/aromatic N) is 15. The van der Waals surface area contributed by atoms with E-state index in [1.807, 2.05) is 0 Å². The Kier molecular flexibility index (Phi) is 22.6. The van der Waals surface area contributed by atoms with Gasteiger partial charge in [-0.05, 0) is 40.7 Å². The van der Waals surface area contributed by atoms with Gasteiger partial charge in [0.2, 0.25) is 6.23 Å². The van der Waals surface area contributed by atoms with E-state index < -0.39 is 189 Å². The number of aliphatic hydroxyl groups excluding tert-OH is 11. The van der Waals surface area contributed by atoms with E-state index in [4.69, 9.17) is 41.0 Å².